The first-order valence-corrected chi connectivity index (χ1v) is 6.29. The smallest absolute Gasteiger partial charge is 0.00822 e. The summed E-state index contributed by atoms with van der Waals surface area (Å²) in [5.41, 5.74) is 0. The maximum atomic E-state index is 3.60. The van der Waals surface area contributed by atoms with Crippen LogP contribution < -0.4 is 10.6 Å². The maximum Gasteiger partial charge on any atom is 0.00822 e. The van der Waals surface area contributed by atoms with E-state index in [-0.39, 0.29) is 0 Å². The zero-order valence-corrected chi connectivity index (χ0v) is 9.81. The topological polar surface area (TPSA) is 24.1 Å². The number of unbranched alkanes of at least 4 members (excludes halogenated alkanes) is 2. The van der Waals surface area contributed by atoms with E-state index in [4.69, 9.17) is 0 Å². The van der Waals surface area contributed by atoms with Gasteiger partial charge in [-0.25, -0.2) is 0 Å². The molecular formula is C12H26N2. The summed E-state index contributed by atoms with van der Waals surface area (Å²) in [5, 5.41) is 7.15. The molecule has 0 spiro atoms. The van der Waals surface area contributed by atoms with Crippen LogP contribution in [0.25, 0.3) is 0 Å². The van der Waals surface area contributed by atoms with Crippen LogP contribution in [0.3, 0.4) is 0 Å². The molecule has 2 nitrogen and oxygen atoms in total. The van der Waals surface area contributed by atoms with Crippen molar-refractivity contribution in [3.05, 3.63) is 0 Å². The van der Waals surface area contributed by atoms with Crippen LogP contribution in [0.1, 0.15) is 52.4 Å². The van der Waals surface area contributed by atoms with Crippen LogP contribution >= 0.6 is 0 Å². The zero-order valence-electron chi connectivity index (χ0n) is 9.81. The van der Waals surface area contributed by atoms with Crippen molar-refractivity contribution < 1.29 is 0 Å². The summed E-state index contributed by atoms with van der Waals surface area (Å²) in [6.45, 7) is 6.99. The summed E-state index contributed by atoms with van der Waals surface area (Å²) in [6.07, 6.45) is 8.06. The summed E-state index contributed by atoms with van der Waals surface area (Å²) in [5.74, 6) is 0. The Morgan fingerprint density at radius 3 is 2.93 bits per heavy atom. The molecule has 1 fully saturated rings. The first kappa shape index (κ1) is 12.0. The second-order valence-corrected chi connectivity index (χ2v) is 4.59. The average molecular weight is 198 g/mol. The molecule has 0 aromatic carbocycles. The zero-order chi connectivity index (χ0) is 10.2. The van der Waals surface area contributed by atoms with Gasteiger partial charge in [0.25, 0.3) is 0 Å². The second-order valence-electron chi connectivity index (χ2n) is 4.59. The van der Waals surface area contributed by atoms with Gasteiger partial charge in [0.2, 0.25) is 0 Å². The molecule has 1 rings (SSSR count). The van der Waals surface area contributed by atoms with Gasteiger partial charge in [0.15, 0.2) is 0 Å². The fourth-order valence-electron chi connectivity index (χ4n) is 2.19. The molecule has 14 heavy (non-hydrogen) atoms. The van der Waals surface area contributed by atoms with Crippen molar-refractivity contribution in [3.8, 4) is 0 Å². The minimum Gasteiger partial charge on any atom is -0.314 e. The van der Waals surface area contributed by atoms with E-state index >= 15 is 0 Å². The van der Waals surface area contributed by atoms with Gasteiger partial charge < -0.3 is 10.6 Å². The van der Waals surface area contributed by atoms with Crippen LogP contribution in [0, 0.1) is 0 Å². The molecule has 1 aliphatic heterocycles. The number of rotatable bonds is 7. The molecule has 0 aromatic rings. The van der Waals surface area contributed by atoms with E-state index in [0.717, 1.165) is 6.04 Å². The Kier molecular flexibility index (Phi) is 6.20. The molecule has 0 bridgehead atoms. The Balaban J connectivity index is 1.95. The normalized spacial score (nSPS) is 24.0. The molecule has 0 radical (unpaired) electrons. The highest BCUT2D eigenvalue weighted by Gasteiger charge is 2.16. The van der Waals surface area contributed by atoms with Gasteiger partial charge in [-0.05, 0) is 45.7 Å². The predicted octanol–water partition coefficient (Wildman–Crippen LogP) is 2.30. The molecule has 0 aromatic heterocycles. The molecule has 1 heterocycles. The average Bonchev–Trinajstić information content (AvgIpc) is 2.65. The van der Waals surface area contributed by atoms with E-state index in [9.17, 15) is 0 Å². The summed E-state index contributed by atoms with van der Waals surface area (Å²) >= 11 is 0. The van der Waals surface area contributed by atoms with E-state index in [2.05, 4.69) is 24.5 Å². The molecule has 2 atom stereocenters. The van der Waals surface area contributed by atoms with Crippen LogP contribution in [0.2, 0.25) is 0 Å². The largest absolute Gasteiger partial charge is 0.314 e. The van der Waals surface area contributed by atoms with Crippen molar-refractivity contribution >= 4 is 0 Å². The lowest BCUT2D eigenvalue weighted by Crippen LogP contribution is -2.34. The summed E-state index contributed by atoms with van der Waals surface area (Å²) in [4.78, 5) is 0. The third-order valence-corrected chi connectivity index (χ3v) is 3.07. The Bertz CT molecular complexity index is 130. The van der Waals surface area contributed by atoms with Crippen molar-refractivity contribution in [1.29, 1.82) is 0 Å². The Hall–Kier alpha value is -0.0800. The summed E-state index contributed by atoms with van der Waals surface area (Å²) in [6, 6.07) is 1.46. The predicted molar refractivity (Wildman–Crippen MR) is 62.6 cm³/mol. The summed E-state index contributed by atoms with van der Waals surface area (Å²) < 4.78 is 0. The van der Waals surface area contributed by atoms with Crippen LogP contribution in [-0.4, -0.2) is 25.2 Å². The molecule has 0 saturated carbocycles. The van der Waals surface area contributed by atoms with E-state index < -0.39 is 0 Å². The monoisotopic (exact) mass is 198 g/mol. The van der Waals surface area contributed by atoms with Crippen molar-refractivity contribution in [3.63, 3.8) is 0 Å². The van der Waals surface area contributed by atoms with Gasteiger partial charge >= 0.3 is 0 Å². The fraction of sp³-hybridized carbons (Fsp3) is 1.00. The SMILES string of the molecule is CCCCCNC(C)CC1CCCN1. The van der Waals surface area contributed by atoms with Crippen LogP contribution in [0.15, 0.2) is 0 Å². The van der Waals surface area contributed by atoms with Gasteiger partial charge in [-0.2, -0.15) is 0 Å². The van der Waals surface area contributed by atoms with Crippen LogP contribution in [0.4, 0.5) is 0 Å². The third kappa shape index (κ3) is 4.97. The lowest BCUT2D eigenvalue weighted by Gasteiger charge is -2.18. The highest BCUT2D eigenvalue weighted by Crippen LogP contribution is 2.10. The number of nitrogens with one attached hydrogen (secondary N) is 2. The number of hydrogen-bond donors (Lipinski definition) is 2. The van der Waals surface area contributed by atoms with E-state index in [1.807, 2.05) is 0 Å². The van der Waals surface area contributed by atoms with Crippen LogP contribution in [0.5, 0.6) is 0 Å². The van der Waals surface area contributed by atoms with Crippen molar-refractivity contribution in [2.24, 2.45) is 0 Å². The van der Waals surface area contributed by atoms with Crippen molar-refractivity contribution in [2.45, 2.75) is 64.5 Å². The quantitative estimate of drug-likeness (QED) is 0.613. The second kappa shape index (κ2) is 7.24. The first-order valence-electron chi connectivity index (χ1n) is 6.29. The molecular weight excluding hydrogens is 172 g/mol. The van der Waals surface area contributed by atoms with Crippen molar-refractivity contribution in [2.75, 3.05) is 13.1 Å². The minimum atomic E-state index is 0.683. The molecule has 2 unspecified atom stereocenters. The fourth-order valence-corrected chi connectivity index (χ4v) is 2.19. The Morgan fingerprint density at radius 1 is 1.43 bits per heavy atom. The molecule has 0 aliphatic carbocycles. The van der Waals surface area contributed by atoms with Gasteiger partial charge in [0, 0.05) is 12.1 Å². The Labute approximate surface area is 88.8 Å². The van der Waals surface area contributed by atoms with E-state index in [0.29, 0.717) is 6.04 Å². The molecule has 2 N–H and O–H groups in total. The van der Waals surface area contributed by atoms with Gasteiger partial charge in [-0.15, -0.1) is 0 Å². The number of hydrogen-bond acceptors (Lipinski definition) is 2. The van der Waals surface area contributed by atoms with Crippen LogP contribution in [-0.2, 0) is 0 Å². The maximum absolute atomic E-state index is 3.60. The third-order valence-electron chi connectivity index (χ3n) is 3.07. The van der Waals surface area contributed by atoms with Gasteiger partial charge in [-0.1, -0.05) is 19.8 Å². The van der Waals surface area contributed by atoms with E-state index in [1.54, 1.807) is 0 Å². The highest BCUT2D eigenvalue weighted by atomic mass is 15.0. The van der Waals surface area contributed by atoms with Crippen molar-refractivity contribution in [1.82, 2.24) is 10.6 Å². The van der Waals surface area contributed by atoms with Gasteiger partial charge in [-0.3, -0.25) is 0 Å². The Morgan fingerprint density at radius 2 is 2.29 bits per heavy atom. The molecule has 1 saturated heterocycles. The van der Waals surface area contributed by atoms with Gasteiger partial charge in [0.1, 0.15) is 0 Å². The lowest BCUT2D eigenvalue weighted by atomic mass is 10.1. The molecule has 1 aliphatic rings. The molecule has 0 amide bonds. The first-order chi connectivity index (χ1) is 6.83. The highest BCUT2D eigenvalue weighted by molar-refractivity contribution is 4.78. The lowest BCUT2D eigenvalue weighted by molar-refractivity contribution is 0.435. The minimum absolute atomic E-state index is 0.683. The van der Waals surface area contributed by atoms with E-state index in [1.165, 1.54) is 51.6 Å². The standard InChI is InChI=1S/C12H26N2/c1-3-4-5-8-13-11(2)10-12-7-6-9-14-12/h11-14H,3-10H2,1-2H3. The molecule has 84 valence electrons. The van der Waals surface area contributed by atoms with Gasteiger partial charge in [0.05, 0.1) is 0 Å². The summed E-state index contributed by atoms with van der Waals surface area (Å²) in [7, 11) is 0. The molecule has 2 heteroatoms.